The number of hydrogen-bond donors (Lipinski definition) is 0. The molecule has 1 aliphatic rings. The number of carbonyl (C=O) groups is 1. The SMILES string of the molecule is C=C/C(=C\C=C/C)C(COC)N1CCCC1=O. The first-order valence-electron chi connectivity index (χ1n) is 5.98. The summed E-state index contributed by atoms with van der Waals surface area (Å²) >= 11 is 0. The number of carbonyl (C=O) groups excluding carboxylic acids is 1. The fourth-order valence-corrected chi connectivity index (χ4v) is 2.05. The van der Waals surface area contributed by atoms with E-state index in [4.69, 9.17) is 4.74 Å². The van der Waals surface area contributed by atoms with Crippen LogP contribution in [0, 0.1) is 0 Å². The lowest BCUT2D eigenvalue weighted by Crippen LogP contribution is -2.40. The van der Waals surface area contributed by atoms with E-state index in [2.05, 4.69) is 6.58 Å². The summed E-state index contributed by atoms with van der Waals surface area (Å²) in [6, 6.07) is -0.0105. The molecule has 0 radical (unpaired) electrons. The monoisotopic (exact) mass is 235 g/mol. The molecule has 0 aromatic rings. The molecular formula is C14H21NO2. The quantitative estimate of drug-likeness (QED) is 0.661. The highest BCUT2D eigenvalue weighted by molar-refractivity contribution is 5.79. The van der Waals surface area contributed by atoms with Gasteiger partial charge in [0.2, 0.25) is 5.91 Å². The molecule has 0 spiro atoms. The van der Waals surface area contributed by atoms with Crippen molar-refractivity contribution in [2.24, 2.45) is 0 Å². The zero-order valence-electron chi connectivity index (χ0n) is 10.7. The Morgan fingerprint density at radius 2 is 2.41 bits per heavy atom. The number of likely N-dealkylation sites (tertiary alicyclic amines) is 1. The summed E-state index contributed by atoms with van der Waals surface area (Å²) in [5.41, 5.74) is 1.03. The third kappa shape index (κ3) is 3.56. The van der Waals surface area contributed by atoms with Gasteiger partial charge in [0.05, 0.1) is 12.6 Å². The third-order valence-corrected chi connectivity index (χ3v) is 2.91. The van der Waals surface area contributed by atoms with Crippen LogP contribution in [0.1, 0.15) is 19.8 Å². The van der Waals surface area contributed by atoms with Gasteiger partial charge >= 0.3 is 0 Å². The maximum Gasteiger partial charge on any atom is 0.223 e. The molecule has 1 rings (SSSR count). The molecule has 1 heterocycles. The lowest BCUT2D eigenvalue weighted by molar-refractivity contribution is -0.129. The van der Waals surface area contributed by atoms with Gasteiger partial charge in [-0.1, -0.05) is 30.9 Å². The molecule has 1 unspecified atom stereocenters. The molecule has 0 aromatic carbocycles. The van der Waals surface area contributed by atoms with Gasteiger partial charge in [0, 0.05) is 20.1 Å². The highest BCUT2D eigenvalue weighted by Crippen LogP contribution is 2.20. The Bertz CT molecular complexity index is 331. The number of hydrogen-bond acceptors (Lipinski definition) is 2. The molecule has 3 nitrogen and oxygen atoms in total. The van der Waals surface area contributed by atoms with Crippen molar-refractivity contribution in [3.05, 3.63) is 36.5 Å². The minimum absolute atomic E-state index is 0.0105. The van der Waals surface area contributed by atoms with Crippen LogP contribution in [-0.4, -0.2) is 37.1 Å². The number of allylic oxidation sites excluding steroid dienone is 3. The zero-order valence-corrected chi connectivity index (χ0v) is 10.7. The highest BCUT2D eigenvalue weighted by Gasteiger charge is 2.29. The fourth-order valence-electron chi connectivity index (χ4n) is 2.05. The maximum atomic E-state index is 11.8. The van der Waals surface area contributed by atoms with Crippen molar-refractivity contribution < 1.29 is 9.53 Å². The second-order valence-corrected chi connectivity index (χ2v) is 4.06. The number of nitrogens with zero attached hydrogens (tertiary/aromatic N) is 1. The lowest BCUT2D eigenvalue weighted by atomic mass is 10.1. The summed E-state index contributed by atoms with van der Waals surface area (Å²) in [5, 5.41) is 0. The molecule has 1 saturated heterocycles. The van der Waals surface area contributed by atoms with Crippen molar-refractivity contribution in [3.63, 3.8) is 0 Å². The van der Waals surface area contributed by atoms with Crippen molar-refractivity contribution in [2.45, 2.75) is 25.8 Å². The van der Waals surface area contributed by atoms with Crippen LogP contribution in [0.25, 0.3) is 0 Å². The number of methoxy groups -OCH3 is 1. The van der Waals surface area contributed by atoms with Gasteiger partial charge in [-0.15, -0.1) is 0 Å². The van der Waals surface area contributed by atoms with E-state index < -0.39 is 0 Å². The molecule has 3 heteroatoms. The number of amides is 1. The maximum absolute atomic E-state index is 11.8. The van der Waals surface area contributed by atoms with E-state index in [9.17, 15) is 4.79 Å². The average molecular weight is 235 g/mol. The van der Waals surface area contributed by atoms with Crippen LogP contribution in [-0.2, 0) is 9.53 Å². The normalized spacial score (nSPS) is 19.1. The van der Waals surface area contributed by atoms with Crippen LogP contribution in [0.3, 0.4) is 0 Å². The van der Waals surface area contributed by atoms with Crippen LogP contribution < -0.4 is 0 Å². The minimum Gasteiger partial charge on any atom is -0.382 e. The smallest absolute Gasteiger partial charge is 0.223 e. The Morgan fingerprint density at radius 1 is 1.65 bits per heavy atom. The summed E-state index contributed by atoms with van der Waals surface area (Å²) in [4.78, 5) is 13.7. The van der Waals surface area contributed by atoms with E-state index in [1.165, 1.54) is 0 Å². The first-order valence-corrected chi connectivity index (χ1v) is 5.98. The summed E-state index contributed by atoms with van der Waals surface area (Å²) < 4.78 is 5.22. The second kappa shape index (κ2) is 7.07. The molecule has 1 atom stereocenters. The predicted molar refractivity (Wildman–Crippen MR) is 69.7 cm³/mol. The second-order valence-electron chi connectivity index (χ2n) is 4.06. The van der Waals surface area contributed by atoms with Crippen LogP contribution >= 0.6 is 0 Å². The molecular weight excluding hydrogens is 214 g/mol. The van der Waals surface area contributed by atoms with E-state index in [1.807, 2.05) is 30.1 Å². The molecule has 0 aromatic heterocycles. The van der Waals surface area contributed by atoms with E-state index >= 15 is 0 Å². The van der Waals surface area contributed by atoms with Crippen molar-refractivity contribution in [1.82, 2.24) is 4.90 Å². The van der Waals surface area contributed by atoms with Crippen molar-refractivity contribution >= 4 is 5.91 Å². The topological polar surface area (TPSA) is 29.5 Å². The molecule has 1 fully saturated rings. The van der Waals surface area contributed by atoms with E-state index in [0.29, 0.717) is 13.0 Å². The van der Waals surface area contributed by atoms with Gasteiger partial charge in [0.15, 0.2) is 0 Å². The van der Waals surface area contributed by atoms with Crippen LogP contribution in [0.4, 0.5) is 0 Å². The van der Waals surface area contributed by atoms with Crippen LogP contribution in [0.2, 0.25) is 0 Å². The lowest BCUT2D eigenvalue weighted by Gasteiger charge is -2.28. The molecule has 17 heavy (non-hydrogen) atoms. The van der Waals surface area contributed by atoms with Gasteiger partial charge in [-0.05, 0) is 18.9 Å². The Hall–Kier alpha value is -1.35. The average Bonchev–Trinajstić information content (AvgIpc) is 2.75. The van der Waals surface area contributed by atoms with Crippen LogP contribution in [0.15, 0.2) is 36.5 Å². The minimum atomic E-state index is -0.0105. The van der Waals surface area contributed by atoms with Gasteiger partial charge in [0.1, 0.15) is 0 Å². The summed E-state index contributed by atoms with van der Waals surface area (Å²) in [5.74, 6) is 0.209. The third-order valence-electron chi connectivity index (χ3n) is 2.91. The molecule has 0 saturated carbocycles. The van der Waals surface area contributed by atoms with Gasteiger partial charge < -0.3 is 9.64 Å². The molecule has 1 amide bonds. The summed E-state index contributed by atoms with van der Waals surface area (Å²) in [7, 11) is 1.66. The largest absolute Gasteiger partial charge is 0.382 e. The van der Waals surface area contributed by atoms with Gasteiger partial charge in [-0.25, -0.2) is 0 Å². The fraction of sp³-hybridized carbons (Fsp3) is 0.500. The Labute approximate surface area is 103 Å². The van der Waals surface area contributed by atoms with Crippen LogP contribution in [0.5, 0.6) is 0 Å². The standard InChI is InChI=1S/C14H21NO2/c1-4-6-8-12(5-2)13(11-17-3)15-10-7-9-14(15)16/h4-6,8,13H,2,7,9-11H2,1,3H3/b6-4-,12-8+. The Morgan fingerprint density at radius 3 is 2.88 bits per heavy atom. The summed E-state index contributed by atoms with van der Waals surface area (Å²) in [6.07, 6.45) is 9.29. The molecule has 0 aliphatic carbocycles. The summed E-state index contributed by atoms with van der Waals surface area (Å²) in [6.45, 7) is 7.11. The molecule has 94 valence electrons. The van der Waals surface area contributed by atoms with Gasteiger partial charge in [0.25, 0.3) is 0 Å². The first kappa shape index (κ1) is 13.7. The number of ether oxygens (including phenoxy) is 1. The van der Waals surface area contributed by atoms with Crippen molar-refractivity contribution in [2.75, 3.05) is 20.3 Å². The molecule has 0 bridgehead atoms. The Kier molecular flexibility index (Phi) is 5.70. The van der Waals surface area contributed by atoms with Crippen molar-refractivity contribution in [3.8, 4) is 0 Å². The molecule has 0 N–H and O–H groups in total. The van der Waals surface area contributed by atoms with Crippen molar-refractivity contribution in [1.29, 1.82) is 0 Å². The molecule has 1 aliphatic heterocycles. The van der Waals surface area contributed by atoms with E-state index in [0.717, 1.165) is 18.5 Å². The highest BCUT2D eigenvalue weighted by atomic mass is 16.5. The first-order chi connectivity index (χ1) is 8.24. The number of rotatable bonds is 6. The van der Waals surface area contributed by atoms with E-state index in [-0.39, 0.29) is 11.9 Å². The van der Waals surface area contributed by atoms with E-state index in [1.54, 1.807) is 13.2 Å². The van der Waals surface area contributed by atoms with Gasteiger partial charge in [-0.2, -0.15) is 0 Å². The van der Waals surface area contributed by atoms with Gasteiger partial charge in [-0.3, -0.25) is 4.79 Å². The Balaban J connectivity index is 2.89. The zero-order chi connectivity index (χ0) is 12.7. The predicted octanol–water partition coefficient (Wildman–Crippen LogP) is 2.31.